The van der Waals surface area contributed by atoms with Crippen molar-refractivity contribution in [3.05, 3.63) is 46.2 Å². The Morgan fingerprint density at radius 3 is 2.63 bits per heavy atom. The summed E-state index contributed by atoms with van der Waals surface area (Å²) in [5.74, 6) is -0.123. The van der Waals surface area contributed by atoms with Gasteiger partial charge in [0.05, 0.1) is 6.04 Å². The molecule has 1 atom stereocenters. The third-order valence-electron chi connectivity index (χ3n) is 3.33. The summed E-state index contributed by atoms with van der Waals surface area (Å²) in [6.07, 6.45) is 1.83. The molecule has 0 spiro atoms. The molecule has 0 amide bonds. The van der Waals surface area contributed by atoms with Gasteiger partial charge in [-0.2, -0.15) is 0 Å². The summed E-state index contributed by atoms with van der Waals surface area (Å²) < 4.78 is 15.2. The smallest absolute Gasteiger partial charge is 0.131 e. The van der Waals surface area contributed by atoms with Crippen LogP contribution in [0.2, 0.25) is 0 Å². The summed E-state index contributed by atoms with van der Waals surface area (Å²) in [6, 6.07) is 3.61. The normalized spacial score (nSPS) is 17.6. The van der Waals surface area contributed by atoms with E-state index in [4.69, 9.17) is 0 Å². The minimum Gasteiger partial charge on any atom is -0.314 e. The standard InChI is InChI=1S/C14H18BrFN2.ClH/c1-3-13(18-6-4-17-5-7-18)12-9-11(15)8-10(2)14(12)16;/h3,8-9,13,17H,1,4-7H2,2H3;1H/t13-;/m0./s1. The average molecular weight is 350 g/mol. The van der Waals surface area contributed by atoms with Crippen molar-refractivity contribution in [2.75, 3.05) is 26.2 Å². The van der Waals surface area contributed by atoms with Crippen molar-refractivity contribution in [2.45, 2.75) is 13.0 Å². The first-order chi connectivity index (χ1) is 8.63. The van der Waals surface area contributed by atoms with Gasteiger partial charge in [0.2, 0.25) is 0 Å². The Morgan fingerprint density at radius 1 is 1.42 bits per heavy atom. The molecular formula is C14H19BrClFN2. The highest BCUT2D eigenvalue weighted by molar-refractivity contribution is 9.10. The molecule has 1 fully saturated rings. The van der Waals surface area contributed by atoms with Crippen molar-refractivity contribution >= 4 is 28.3 Å². The molecule has 0 aromatic heterocycles. The van der Waals surface area contributed by atoms with Crippen LogP contribution in [0, 0.1) is 12.7 Å². The Labute approximate surface area is 128 Å². The quantitative estimate of drug-likeness (QED) is 0.841. The van der Waals surface area contributed by atoms with E-state index in [0.717, 1.165) is 30.7 Å². The fraction of sp³-hybridized carbons (Fsp3) is 0.429. The summed E-state index contributed by atoms with van der Waals surface area (Å²) in [5, 5.41) is 3.30. The first-order valence-electron chi connectivity index (χ1n) is 6.16. The number of hydrogen-bond donors (Lipinski definition) is 1. The SMILES string of the molecule is C=C[C@@H](c1cc(Br)cc(C)c1F)N1CCNCC1.Cl. The molecule has 1 N–H and O–H groups in total. The lowest BCUT2D eigenvalue weighted by Gasteiger charge is -2.33. The molecule has 0 saturated carbocycles. The van der Waals surface area contributed by atoms with Gasteiger partial charge in [-0.05, 0) is 24.6 Å². The van der Waals surface area contributed by atoms with Crippen molar-refractivity contribution < 1.29 is 4.39 Å². The fourth-order valence-electron chi connectivity index (χ4n) is 2.40. The minimum absolute atomic E-state index is 0. The zero-order valence-electron chi connectivity index (χ0n) is 11.0. The maximum atomic E-state index is 14.3. The predicted octanol–water partition coefficient (Wildman–Crippen LogP) is 3.45. The van der Waals surface area contributed by atoms with Gasteiger partial charge in [-0.15, -0.1) is 19.0 Å². The molecule has 19 heavy (non-hydrogen) atoms. The van der Waals surface area contributed by atoms with Crippen LogP contribution in [0.25, 0.3) is 0 Å². The maximum absolute atomic E-state index is 14.3. The van der Waals surface area contributed by atoms with Gasteiger partial charge < -0.3 is 5.32 Å². The maximum Gasteiger partial charge on any atom is 0.131 e. The first kappa shape index (κ1) is 16.6. The van der Waals surface area contributed by atoms with Crippen LogP contribution in [0.3, 0.4) is 0 Å². The van der Waals surface area contributed by atoms with Crippen LogP contribution in [0.1, 0.15) is 17.2 Å². The van der Waals surface area contributed by atoms with Crippen LogP contribution in [-0.2, 0) is 0 Å². The highest BCUT2D eigenvalue weighted by atomic mass is 79.9. The van der Waals surface area contributed by atoms with Gasteiger partial charge in [0, 0.05) is 36.2 Å². The van der Waals surface area contributed by atoms with E-state index in [1.54, 1.807) is 13.0 Å². The second kappa shape index (κ2) is 7.39. The van der Waals surface area contributed by atoms with E-state index in [9.17, 15) is 4.39 Å². The van der Waals surface area contributed by atoms with Crippen LogP contribution in [0.4, 0.5) is 4.39 Å². The van der Waals surface area contributed by atoms with Crippen molar-refractivity contribution in [3.8, 4) is 0 Å². The molecule has 1 saturated heterocycles. The lowest BCUT2D eigenvalue weighted by molar-refractivity contribution is 0.200. The largest absolute Gasteiger partial charge is 0.314 e. The number of rotatable bonds is 3. The molecule has 0 unspecified atom stereocenters. The Balaban J connectivity index is 0.00000180. The monoisotopic (exact) mass is 348 g/mol. The van der Waals surface area contributed by atoms with E-state index >= 15 is 0 Å². The average Bonchev–Trinajstić information content (AvgIpc) is 2.37. The lowest BCUT2D eigenvalue weighted by Crippen LogP contribution is -2.44. The van der Waals surface area contributed by atoms with Crippen molar-refractivity contribution in [2.24, 2.45) is 0 Å². The molecule has 2 nitrogen and oxygen atoms in total. The van der Waals surface area contributed by atoms with Crippen molar-refractivity contribution in [1.82, 2.24) is 10.2 Å². The Morgan fingerprint density at radius 2 is 2.05 bits per heavy atom. The highest BCUT2D eigenvalue weighted by Gasteiger charge is 2.23. The zero-order chi connectivity index (χ0) is 13.1. The van der Waals surface area contributed by atoms with Gasteiger partial charge in [0.15, 0.2) is 0 Å². The van der Waals surface area contributed by atoms with Gasteiger partial charge in [-0.3, -0.25) is 4.90 Å². The Hall–Kier alpha value is -0.420. The fourth-order valence-corrected chi connectivity index (χ4v) is 2.99. The number of halogens is 3. The summed E-state index contributed by atoms with van der Waals surface area (Å²) in [4.78, 5) is 2.26. The van der Waals surface area contributed by atoms with Crippen LogP contribution < -0.4 is 5.32 Å². The number of aryl methyl sites for hydroxylation is 1. The van der Waals surface area contributed by atoms with Gasteiger partial charge in [0.1, 0.15) is 5.82 Å². The number of benzene rings is 1. The Kier molecular flexibility index (Phi) is 6.47. The molecule has 1 aliphatic rings. The molecule has 1 aromatic carbocycles. The molecule has 106 valence electrons. The highest BCUT2D eigenvalue weighted by Crippen LogP contribution is 2.29. The number of nitrogens with zero attached hydrogens (tertiary/aromatic N) is 1. The van der Waals surface area contributed by atoms with Gasteiger partial charge in [-0.25, -0.2) is 4.39 Å². The lowest BCUT2D eigenvalue weighted by atomic mass is 10.0. The topological polar surface area (TPSA) is 15.3 Å². The van der Waals surface area contributed by atoms with E-state index < -0.39 is 0 Å². The summed E-state index contributed by atoms with van der Waals surface area (Å²) in [7, 11) is 0. The molecule has 5 heteroatoms. The molecule has 0 bridgehead atoms. The van der Waals surface area contributed by atoms with Gasteiger partial charge in [-0.1, -0.05) is 22.0 Å². The van der Waals surface area contributed by atoms with Crippen molar-refractivity contribution in [1.29, 1.82) is 0 Å². The van der Waals surface area contributed by atoms with Crippen LogP contribution in [0.5, 0.6) is 0 Å². The van der Waals surface area contributed by atoms with E-state index in [1.165, 1.54) is 0 Å². The van der Waals surface area contributed by atoms with Crippen LogP contribution in [0.15, 0.2) is 29.3 Å². The van der Waals surface area contributed by atoms with Crippen molar-refractivity contribution in [3.63, 3.8) is 0 Å². The third-order valence-corrected chi connectivity index (χ3v) is 3.79. The molecule has 0 aliphatic carbocycles. The minimum atomic E-state index is -0.123. The van der Waals surface area contributed by atoms with Gasteiger partial charge in [0.25, 0.3) is 0 Å². The first-order valence-corrected chi connectivity index (χ1v) is 6.95. The number of hydrogen-bond acceptors (Lipinski definition) is 2. The second-order valence-electron chi connectivity index (χ2n) is 4.59. The third kappa shape index (κ3) is 3.78. The number of nitrogens with one attached hydrogen (secondary N) is 1. The predicted molar refractivity (Wildman–Crippen MR) is 83.5 cm³/mol. The summed E-state index contributed by atoms with van der Waals surface area (Å²) in [6.45, 7) is 9.39. The second-order valence-corrected chi connectivity index (χ2v) is 5.51. The molecule has 1 aliphatic heterocycles. The molecule has 0 radical (unpaired) electrons. The molecular weight excluding hydrogens is 331 g/mol. The van der Waals surface area contributed by atoms with E-state index in [0.29, 0.717) is 11.1 Å². The van der Waals surface area contributed by atoms with E-state index in [-0.39, 0.29) is 24.3 Å². The van der Waals surface area contributed by atoms with Gasteiger partial charge >= 0.3 is 0 Å². The molecule has 1 aromatic rings. The molecule has 1 heterocycles. The van der Waals surface area contributed by atoms with Crippen LogP contribution in [-0.4, -0.2) is 31.1 Å². The summed E-state index contributed by atoms with van der Waals surface area (Å²) in [5.41, 5.74) is 1.38. The zero-order valence-corrected chi connectivity index (χ0v) is 13.4. The molecule has 2 rings (SSSR count). The number of piperazine rings is 1. The summed E-state index contributed by atoms with van der Waals surface area (Å²) >= 11 is 3.44. The van der Waals surface area contributed by atoms with E-state index in [2.05, 4.69) is 32.7 Å². The van der Waals surface area contributed by atoms with Crippen LogP contribution >= 0.6 is 28.3 Å². The van der Waals surface area contributed by atoms with E-state index in [1.807, 2.05) is 12.1 Å². The Bertz CT molecular complexity index is 447.